The fraction of sp³-hybridized carbons (Fsp3) is 0.292. The summed E-state index contributed by atoms with van der Waals surface area (Å²) in [5.41, 5.74) is 3.95. The van der Waals surface area contributed by atoms with Crippen LogP contribution in [-0.2, 0) is 11.3 Å². The van der Waals surface area contributed by atoms with Crippen molar-refractivity contribution in [1.82, 2.24) is 24.4 Å². The van der Waals surface area contributed by atoms with Gasteiger partial charge in [0.2, 0.25) is 5.91 Å². The third-order valence-electron chi connectivity index (χ3n) is 5.96. The lowest BCUT2D eigenvalue weighted by Crippen LogP contribution is -2.42. The number of likely N-dealkylation sites (tertiary alicyclic amines) is 1. The van der Waals surface area contributed by atoms with Crippen LogP contribution in [0.25, 0.3) is 22.5 Å². The molecule has 3 aromatic heterocycles. The molecule has 1 aliphatic rings. The summed E-state index contributed by atoms with van der Waals surface area (Å²) in [7, 11) is 0. The lowest BCUT2D eigenvalue weighted by molar-refractivity contribution is -0.133. The molecule has 0 radical (unpaired) electrons. The van der Waals surface area contributed by atoms with Gasteiger partial charge in [0.05, 0.1) is 11.2 Å². The van der Waals surface area contributed by atoms with Crippen LogP contribution in [-0.4, -0.2) is 43.4 Å². The van der Waals surface area contributed by atoms with Gasteiger partial charge in [0.25, 0.3) is 0 Å². The number of oxazole rings is 1. The van der Waals surface area contributed by atoms with Crippen molar-refractivity contribution in [3.05, 3.63) is 76.8 Å². The van der Waals surface area contributed by atoms with Crippen molar-refractivity contribution < 1.29 is 9.21 Å². The summed E-state index contributed by atoms with van der Waals surface area (Å²) in [6.07, 6.45) is 7.13. The van der Waals surface area contributed by atoms with E-state index < -0.39 is 5.76 Å². The number of hydrogen-bond donors (Lipinski definition) is 0. The second-order valence-corrected chi connectivity index (χ2v) is 8.10. The highest BCUT2D eigenvalue weighted by molar-refractivity contribution is 5.79. The number of pyridine rings is 1. The summed E-state index contributed by atoms with van der Waals surface area (Å²) < 4.78 is 6.66. The van der Waals surface area contributed by atoms with E-state index in [1.165, 1.54) is 4.57 Å². The van der Waals surface area contributed by atoms with E-state index >= 15 is 0 Å². The number of carbonyl (C=O) groups is 1. The molecule has 0 aliphatic carbocycles. The average Bonchev–Trinajstić information content (AvgIpc) is 3.15. The number of fused-ring (bicyclic) bond motifs is 1. The van der Waals surface area contributed by atoms with Crippen LogP contribution in [0.3, 0.4) is 0 Å². The summed E-state index contributed by atoms with van der Waals surface area (Å²) in [5.74, 6) is 0.144. The molecule has 1 atom stereocenters. The Balaban J connectivity index is 1.37. The summed E-state index contributed by atoms with van der Waals surface area (Å²) >= 11 is 0. The van der Waals surface area contributed by atoms with E-state index in [1.54, 1.807) is 30.6 Å². The molecule has 4 heterocycles. The number of amides is 1. The molecule has 8 nitrogen and oxygen atoms in total. The number of rotatable bonds is 4. The average molecular weight is 429 g/mol. The minimum absolute atomic E-state index is 0.0355. The van der Waals surface area contributed by atoms with Crippen molar-refractivity contribution in [2.75, 3.05) is 13.1 Å². The Morgan fingerprint density at radius 3 is 2.91 bits per heavy atom. The Hall–Kier alpha value is -3.81. The summed E-state index contributed by atoms with van der Waals surface area (Å²) in [5, 5.41) is 0. The quantitative estimate of drug-likeness (QED) is 0.495. The maximum atomic E-state index is 13.1. The number of nitrogens with zero attached hydrogens (tertiary/aromatic N) is 5. The van der Waals surface area contributed by atoms with Gasteiger partial charge in [-0.1, -0.05) is 12.1 Å². The first-order chi connectivity index (χ1) is 15.6. The van der Waals surface area contributed by atoms with Crippen molar-refractivity contribution in [3.63, 3.8) is 0 Å². The van der Waals surface area contributed by atoms with Crippen LogP contribution in [0, 0.1) is 6.92 Å². The van der Waals surface area contributed by atoms with Crippen molar-refractivity contribution in [1.29, 1.82) is 0 Å². The fourth-order valence-electron chi connectivity index (χ4n) is 4.33. The predicted molar refractivity (Wildman–Crippen MR) is 119 cm³/mol. The van der Waals surface area contributed by atoms with Gasteiger partial charge < -0.3 is 9.32 Å². The van der Waals surface area contributed by atoms with Gasteiger partial charge in [-0.25, -0.2) is 14.8 Å². The van der Waals surface area contributed by atoms with Crippen molar-refractivity contribution in [3.8, 4) is 11.4 Å². The molecule has 0 spiro atoms. The van der Waals surface area contributed by atoms with E-state index in [-0.39, 0.29) is 18.4 Å². The maximum Gasteiger partial charge on any atom is 0.420 e. The molecular weight excluding hydrogens is 406 g/mol. The number of aryl methyl sites for hydroxylation is 1. The van der Waals surface area contributed by atoms with E-state index in [2.05, 4.69) is 9.97 Å². The molecule has 0 bridgehead atoms. The molecular formula is C24H23N5O3. The number of carbonyl (C=O) groups excluding carboxylic acids is 1. The van der Waals surface area contributed by atoms with Crippen LogP contribution in [0.1, 0.15) is 30.0 Å². The van der Waals surface area contributed by atoms with Crippen LogP contribution < -0.4 is 5.76 Å². The lowest BCUT2D eigenvalue weighted by Gasteiger charge is -2.33. The Labute approximate surface area is 184 Å². The highest BCUT2D eigenvalue weighted by Gasteiger charge is 2.28. The van der Waals surface area contributed by atoms with Gasteiger partial charge in [-0.2, -0.15) is 0 Å². The van der Waals surface area contributed by atoms with E-state index in [9.17, 15) is 9.59 Å². The molecule has 162 valence electrons. The molecule has 1 saturated heterocycles. The smallest absolute Gasteiger partial charge is 0.408 e. The minimum Gasteiger partial charge on any atom is -0.408 e. The van der Waals surface area contributed by atoms with E-state index in [0.717, 1.165) is 29.7 Å². The number of benzene rings is 1. The predicted octanol–water partition coefficient (Wildman–Crippen LogP) is 3.16. The lowest BCUT2D eigenvalue weighted by atomic mass is 9.92. The molecule has 32 heavy (non-hydrogen) atoms. The molecule has 5 rings (SSSR count). The van der Waals surface area contributed by atoms with Gasteiger partial charge >= 0.3 is 5.76 Å². The third kappa shape index (κ3) is 3.79. The van der Waals surface area contributed by atoms with Crippen molar-refractivity contribution >= 4 is 17.0 Å². The van der Waals surface area contributed by atoms with Gasteiger partial charge in [-0.15, -0.1) is 0 Å². The zero-order valence-electron chi connectivity index (χ0n) is 17.8. The van der Waals surface area contributed by atoms with Crippen molar-refractivity contribution in [2.24, 2.45) is 0 Å². The normalized spacial score (nSPS) is 16.4. The zero-order valence-corrected chi connectivity index (χ0v) is 17.8. The second-order valence-electron chi connectivity index (χ2n) is 8.10. The maximum absolute atomic E-state index is 13.1. The van der Waals surface area contributed by atoms with E-state index in [0.29, 0.717) is 30.0 Å². The van der Waals surface area contributed by atoms with Gasteiger partial charge in [0.15, 0.2) is 11.4 Å². The number of para-hydroxylation sites is 2. The Bertz CT molecular complexity index is 1330. The third-order valence-corrected chi connectivity index (χ3v) is 5.96. The molecule has 8 heteroatoms. The Morgan fingerprint density at radius 2 is 2.06 bits per heavy atom. The first-order valence-electron chi connectivity index (χ1n) is 10.7. The zero-order chi connectivity index (χ0) is 22.1. The number of piperidine rings is 1. The van der Waals surface area contributed by atoms with Crippen molar-refractivity contribution in [2.45, 2.75) is 32.2 Å². The van der Waals surface area contributed by atoms with E-state index in [4.69, 9.17) is 9.40 Å². The minimum atomic E-state index is -0.513. The first kappa shape index (κ1) is 20.1. The number of hydrogen-bond acceptors (Lipinski definition) is 6. The standard InChI is InChI=1S/C24H23N5O3/c1-16-12-26-23(17-6-4-10-25-13-17)27-22(16)18-7-5-11-28(14-18)21(30)15-29-19-8-2-3-9-20(19)32-24(29)31/h2-4,6,8-10,12-13,18H,5,7,11,14-15H2,1H3. The van der Waals surface area contributed by atoms with Crippen LogP contribution >= 0.6 is 0 Å². The number of aromatic nitrogens is 4. The Kier molecular flexibility index (Phi) is 5.26. The molecule has 1 amide bonds. The Morgan fingerprint density at radius 1 is 1.19 bits per heavy atom. The topological polar surface area (TPSA) is 94.1 Å². The monoisotopic (exact) mass is 429 g/mol. The molecule has 0 saturated carbocycles. The van der Waals surface area contributed by atoms with E-state index in [1.807, 2.05) is 36.2 Å². The highest BCUT2D eigenvalue weighted by atomic mass is 16.4. The van der Waals surface area contributed by atoms with Crippen LogP contribution in [0.5, 0.6) is 0 Å². The van der Waals surface area contributed by atoms with Crippen LogP contribution in [0.15, 0.2) is 64.2 Å². The SMILES string of the molecule is Cc1cnc(-c2cccnc2)nc1C1CCCN(C(=O)Cn2c(=O)oc3ccccc32)C1. The summed E-state index contributed by atoms with van der Waals surface area (Å²) in [4.78, 5) is 40.6. The summed E-state index contributed by atoms with van der Waals surface area (Å²) in [6, 6.07) is 10.9. The molecule has 1 fully saturated rings. The highest BCUT2D eigenvalue weighted by Crippen LogP contribution is 2.29. The van der Waals surface area contributed by atoms with Gasteiger partial charge in [-0.3, -0.25) is 14.3 Å². The van der Waals surface area contributed by atoms with Crippen LogP contribution in [0.4, 0.5) is 0 Å². The molecule has 1 aliphatic heterocycles. The van der Waals surface area contributed by atoms with Gasteiger partial charge in [0.1, 0.15) is 6.54 Å². The first-order valence-corrected chi connectivity index (χ1v) is 10.7. The molecule has 0 N–H and O–H groups in total. The summed E-state index contributed by atoms with van der Waals surface area (Å²) in [6.45, 7) is 3.19. The molecule has 1 aromatic carbocycles. The second kappa shape index (κ2) is 8.37. The van der Waals surface area contributed by atoms with Gasteiger partial charge in [0, 0.05) is 43.2 Å². The van der Waals surface area contributed by atoms with Gasteiger partial charge in [-0.05, 0) is 49.6 Å². The largest absolute Gasteiger partial charge is 0.420 e. The van der Waals surface area contributed by atoms with Crippen LogP contribution in [0.2, 0.25) is 0 Å². The molecule has 4 aromatic rings. The fourth-order valence-corrected chi connectivity index (χ4v) is 4.33. The molecule has 1 unspecified atom stereocenters.